The van der Waals surface area contributed by atoms with Crippen LogP contribution >= 0.6 is 0 Å². The van der Waals surface area contributed by atoms with Crippen molar-refractivity contribution < 1.29 is 4.74 Å². The third-order valence-electron chi connectivity index (χ3n) is 2.63. The van der Waals surface area contributed by atoms with Gasteiger partial charge in [0, 0.05) is 6.04 Å². The first-order valence-corrected chi connectivity index (χ1v) is 5.41. The van der Waals surface area contributed by atoms with Crippen LogP contribution in [0.1, 0.15) is 26.7 Å². The van der Waals surface area contributed by atoms with Crippen LogP contribution < -0.4 is 5.32 Å². The largest absolute Gasteiger partial charge is 0.380 e. The van der Waals surface area contributed by atoms with Crippen LogP contribution in [0.25, 0.3) is 0 Å². The van der Waals surface area contributed by atoms with Crippen molar-refractivity contribution in [2.75, 3.05) is 5.32 Å². The van der Waals surface area contributed by atoms with E-state index in [4.69, 9.17) is 4.74 Å². The van der Waals surface area contributed by atoms with Gasteiger partial charge in [-0.1, -0.05) is 0 Å². The quantitative estimate of drug-likeness (QED) is 0.804. The lowest BCUT2D eigenvalue weighted by atomic mass is 10.00. The maximum absolute atomic E-state index is 5.68. The lowest BCUT2D eigenvalue weighted by Crippen LogP contribution is -2.36. The van der Waals surface area contributed by atoms with Gasteiger partial charge < -0.3 is 10.1 Å². The summed E-state index contributed by atoms with van der Waals surface area (Å²) in [6, 6.07) is 0.467. The van der Waals surface area contributed by atoms with Crippen molar-refractivity contribution in [3.05, 3.63) is 18.7 Å². The Balaban J connectivity index is 1.94. The Kier molecular flexibility index (Phi) is 3.16. The Labute approximate surface area is 90.1 Å². The third-order valence-corrected chi connectivity index (χ3v) is 2.63. The highest BCUT2D eigenvalue weighted by Crippen LogP contribution is 2.21. The van der Waals surface area contributed by atoms with Gasteiger partial charge in [0.05, 0.1) is 30.3 Å². The summed E-state index contributed by atoms with van der Waals surface area (Å²) in [4.78, 5) is 7.97. The molecule has 0 spiro atoms. The second-order valence-electron chi connectivity index (χ2n) is 4.20. The van der Waals surface area contributed by atoms with Crippen LogP contribution in [0.5, 0.6) is 0 Å². The molecule has 0 saturated carbocycles. The Morgan fingerprint density at radius 2 is 1.80 bits per heavy atom. The molecule has 1 aromatic rings. The van der Waals surface area contributed by atoms with Gasteiger partial charge in [0.1, 0.15) is 6.33 Å². The molecule has 0 amide bonds. The molecular formula is C11H17N3O. The maximum atomic E-state index is 5.68. The minimum Gasteiger partial charge on any atom is -0.380 e. The average Bonchev–Trinajstić information content (AvgIpc) is 2.17. The fourth-order valence-electron chi connectivity index (χ4n) is 2.13. The van der Waals surface area contributed by atoms with Gasteiger partial charge in [-0.25, -0.2) is 9.97 Å². The number of anilines is 1. The summed E-state index contributed by atoms with van der Waals surface area (Å²) in [5.41, 5.74) is 0.990. The molecule has 4 heteroatoms. The van der Waals surface area contributed by atoms with E-state index in [2.05, 4.69) is 29.1 Å². The van der Waals surface area contributed by atoms with Crippen molar-refractivity contribution in [2.45, 2.75) is 44.9 Å². The Morgan fingerprint density at radius 3 is 2.40 bits per heavy atom. The summed E-state index contributed by atoms with van der Waals surface area (Å²) in [5, 5.41) is 3.44. The SMILES string of the molecule is CC1CC(Nc2cncnc2)CC(C)O1. The molecule has 1 aliphatic heterocycles. The van der Waals surface area contributed by atoms with E-state index in [0.29, 0.717) is 18.2 Å². The zero-order valence-corrected chi connectivity index (χ0v) is 9.18. The first-order valence-electron chi connectivity index (χ1n) is 5.41. The minimum atomic E-state index is 0.330. The monoisotopic (exact) mass is 207 g/mol. The smallest absolute Gasteiger partial charge is 0.115 e. The van der Waals surface area contributed by atoms with Crippen LogP contribution in [0, 0.1) is 0 Å². The molecule has 4 nitrogen and oxygen atoms in total. The topological polar surface area (TPSA) is 47.0 Å². The molecule has 1 fully saturated rings. The van der Waals surface area contributed by atoms with Crippen LogP contribution in [-0.2, 0) is 4.74 Å². The van der Waals surface area contributed by atoms with Gasteiger partial charge in [-0.05, 0) is 26.7 Å². The van der Waals surface area contributed by atoms with E-state index in [1.807, 2.05) is 0 Å². The van der Waals surface area contributed by atoms with Gasteiger partial charge in [-0.15, -0.1) is 0 Å². The zero-order valence-electron chi connectivity index (χ0n) is 9.18. The van der Waals surface area contributed by atoms with Crippen LogP contribution in [-0.4, -0.2) is 28.2 Å². The summed E-state index contributed by atoms with van der Waals surface area (Å²) < 4.78 is 5.68. The van der Waals surface area contributed by atoms with Crippen molar-refractivity contribution in [2.24, 2.45) is 0 Å². The number of rotatable bonds is 2. The zero-order chi connectivity index (χ0) is 10.7. The van der Waals surface area contributed by atoms with Gasteiger partial charge in [0.25, 0.3) is 0 Å². The lowest BCUT2D eigenvalue weighted by Gasteiger charge is -2.32. The van der Waals surface area contributed by atoms with Crippen molar-refractivity contribution in [1.29, 1.82) is 0 Å². The molecule has 0 bridgehead atoms. The molecule has 1 N–H and O–H groups in total. The number of nitrogens with zero attached hydrogens (tertiary/aromatic N) is 2. The number of hydrogen-bond acceptors (Lipinski definition) is 4. The van der Waals surface area contributed by atoms with Gasteiger partial charge in [0.15, 0.2) is 0 Å². The van der Waals surface area contributed by atoms with Crippen LogP contribution in [0.4, 0.5) is 5.69 Å². The van der Waals surface area contributed by atoms with Crippen LogP contribution in [0.2, 0.25) is 0 Å². The Morgan fingerprint density at radius 1 is 1.20 bits per heavy atom. The van der Waals surface area contributed by atoms with E-state index in [0.717, 1.165) is 18.5 Å². The Hall–Kier alpha value is -1.16. The summed E-state index contributed by atoms with van der Waals surface area (Å²) >= 11 is 0. The highest BCUT2D eigenvalue weighted by molar-refractivity contribution is 5.38. The van der Waals surface area contributed by atoms with Gasteiger partial charge in [0.2, 0.25) is 0 Å². The predicted octanol–water partition coefficient (Wildman–Crippen LogP) is 1.84. The van der Waals surface area contributed by atoms with Crippen molar-refractivity contribution >= 4 is 5.69 Å². The maximum Gasteiger partial charge on any atom is 0.115 e. The molecule has 0 radical (unpaired) electrons. The number of ether oxygens (including phenoxy) is 1. The fraction of sp³-hybridized carbons (Fsp3) is 0.636. The van der Waals surface area contributed by atoms with Gasteiger partial charge in [-0.2, -0.15) is 0 Å². The number of nitrogens with one attached hydrogen (secondary N) is 1. The minimum absolute atomic E-state index is 0.330. The number of hydrogen-bond donors (Lipinski definition) is 1. The molecule has 82 valence electrons. The molecule has 1 saturated heterocycles. The van der Waals surface area contributed by atoms with E-state index < -0.39 is 0 Å². The van der Waals surface area contributed by atoms with Gasteiger partial charge in [-0.3, -0.25) is 0 Å². The molecule has 1 aromatic heterocycles. The molecule has 2 heterocycles. The highest BCUT2D eigenvalue weighted by Gasteiger charge is 2.24. The van der Waals surface area contributed by atoms with Crippen molar-refractivity contribution in [1.82, 2.24) is 9.97 Å². The normalized spacial score (nSPS) is 31.2. The van der Waals surface area contributed by atoms with Crippen LogP contribution in [0.15, 0.2) is 18.7 Å². The molecular weight excluding hydrogens is 190 g/mol. The summed E-state index contributed by atoms with van der Waals surface area (Å²) in [6.45, 7) is 4.23. The average molecular weight is 207 g/mol. The van der Waals surface area contributed by atoms with E-state index in [-0.39, 0.29) is 0 Å². The highest BCUT2D eigenvalue weighted by atomic mass is 16.5. The molecule has 1 aliphatic rings. The molecule has 2 atom stereocenters. The number of aromatic nitrogens is 2. The summed E-state index contributed by atoms with van der Waals surface area (Å²) in [6.07, 6.45) is 7.89. The van der Waals surface area contributed by atoms with E-state index in [1.54, 1.807) is 18.7 Å². The molecule has 15 heavy (non-hydrogen) atoms. The van der Waals surface area contributed by atoms with E-state index in [1.165, 1.54) is 0 Å². The molecule has 2 rings (SSSR count). The van der Waals surface area contributed by atoms with Gasteiger partial charge >= 0.3 is 0 Å². The standard InChI is InChI=1S/C11H17N3O/c1-8-3-10(4-9(2)15-8)14-11-5-12-7-13-6-11/h5-10,14H,3-4H2,1-2H3. The summed E-state index contributed by atoms with van der Waals surface area (Å²) in [5.74, 6) is 0. The third kappa shape index (κ3) is 2.89. The second-order valence-corrected chi connectivity index (χ2v) is 4.20. The molecule has 0 aliphatic carbocycles. The predicted molar refractivity (Wildman–Crippen MR) is 58.7 cm³/mol. The fourth-order valence-corrected chi connectivity index (χ4v) is 2.13. The molecule has 2 unspecified atom stereocenters. The second kappa shape index (κ2) is 4.57. The molecule has 0 aromatic carbocycles. The Bertz CT molecular complexity index is 294. The summed E-state index contributed by atoms with van der Waals surface area (Å²) in [7, 11) is 0. The van der Waals surface area contributed by atoms with Crippen molar-refractivity contribution in [3.63, 3.8) is 0 Å². The van der Waals surface area contributed by atoms with E-state index in [9.17, 15) is 0 Å². The van der Waals surface area contributed by atoms with Crippen LogP contribution in [0.3, 0.4) is 0 Å². The first-order chi connectivity index (χ1) is 7.24. The van der Waals surface area contributed by atoms with Crippen molar-refractivity contribution in [3.8, 4) is 0 Å². The first kappa shape index (κ1) is 10.4. The lowest BCUT2D eigenvalue weighted by molar-refractivity contribution is -0.0337. The van der Waals surface area contributed by atoms with E-state index >= 15 is 0 Å².